The van der Waals surface area contributed by atoms with Crippen molar-refractivity contribution in [2.45, 2.75) is 19.4 Å². The number of nitrogens with zero attached hydrogens (tertiary/aromatic N) is 2. The molecule has 2 rings (SSSR count). The predicted molar refractivity (Wildman–Crippen MR) is 71.5 cm³/mol. The standard InChI is InChI=1S/C14H22N2O/c1-12-4-3-5-13(10-12)16-8-7-15(2)11-14(16)6-9-17/h3-5,10,14,17H,6-9,11H2,1-2H3. The summed E-state index contributed by atoms with van der Waals surface area (Å²) in [6.45, 7) is 5.57. The first-order valence-electron chi connectivity index (χ1n) is 6.33. The number of likely N-dealkylation sites (N-methyl/N-ethyl adjacent to an activating group) is 1. The van der Waals surface area contributed by atoms with E-state index >= 15 is 0 Å². The van der Waals surface area contributed by atoms with Crippen molar-refractivity contribution < 1.29 is 5.11 Å². The Morgan fingerprint density at radius 1 is 1.35 bits per heavy atom. The van der Waals surface area contributed by atoms with Gasteiger partial charge in [0.2, 0.25) is 0 Å². The van der Waals surface area contributed by atoms with Crippen molar-refractivity contribution in [1.29, 1.82) is 0 Å². The summed E-state index contributed by atoms with van der Waals surface area (Å²) in [5.41, 5.74) is 2.58. The van der Waals surface area contributed by atoms with Gasteiger partial charge in [-0.1, -0.05) is 12.1 Å². The van der Waals surface area contributed by atoms with Crippen LogP contribution in [0.25, 0.3) is 0 Å². The summed E-state index contributed by atoms with van der Waals surface area (Å²) in [5, 5.41) is 9.18. The third-order valence-corrected chi connectivity index (χ3v) is 3.48. The van der Waals surface area contributed by atoms with E-state index in [0.29, 0.717) is 6.04 Å². The molecular formula is C14H22N2O. The van der Waals surface area contributed by atoms with Crippen molar-refractivity contribution in [3.63, 3.8) is 0 Å². The lowest BCUT2D eigenvalue weighted by atomic mass is 10.1. The van der Waals surface area contributed by atoms with Crippen molar-refractivity contribution in [3.05, 3.63) is 29.8 Å². The maximum Gasteiger partial charge on any atom is 0.0451 e. The second kappa shape index (κ2) is 5.52. The van der Waals surface area contributed by atoms with Crippen molar-refractivity contribution in [2.24, 2.45) is 0 Å². The zero-order valence-corrected chi connectivity index (χ0v) is 10.8. The zero-order valence-electron chi connectivity index (χ0n) is 10.8. The second-order valence-corrected chi connectivity index (χ2v) is 4.96. The van der Waals surface area contributed by atoms with Gasteiger partial charge in [0, 0.05) is 38.0 Å². The van der Waals surface area contributed by atoms with E-state index in [4.69, 9.17) is 0 Å². The summed E-state index contributed by atoms with van der Waals surface area (Å²) in [6, 6.07) is 9.07. The van der Waals surface area contributed by atoms with Crippen LogP contribution in [0.5, 0.6) is 0 Å². The minimum absolute atomic E-state index is 0.265. The Bertz CT molecular complexity index is 367. The van der Waals surface area contributed by atoms with Crippen LogP contribution in [0, 0.1) is 6.92 Å². The number of benzene rings is 1. The molecule has 0 aliphatic carbocycles. The van der Waals surface area contributed by atoms with Crippen molar-refractivity contribution in [3.8, 4) is 0 Å². The molecule has 1 aliphatic heterocycles. The summed E-state index contributed by atoms with van der Waals surface area (Å²) in [5.74, 6) is 0. The highest BCUT2D eigenvalue weighted by atomic mass is 16.3. The Morgan fingerprint density at radius 3 is 2.88 bits per heavy atom. The number of anilines is 1. The lowest BCUT2D eigenvalue weighted by Gasteiger charge is -2.41. The normalized spacial score (nSPS) is 21.8. The topological polar surface area (TPSA) is 26.7 Å². The molecule has 1 aromatic rings. The third-order valence-electron chi connectivity index (χ3n) is 3.48. The molecule has 0 aromatic heterocycles. The summed E-state index contributed by atoms with van der Waals surface area (Å²) in [6.07, 6.45) is 0.846. The summed E-state index contributed by atoms with van der Waals surface area (Å²) in [7, 11) is 2.15. The molecule has 1 saturated heterocycles. The fourth-order valence-corrected chi connectivity index (χ4v) is 2.55. The highest BCUT2D eigenvalue weighted by Crippen LogP contribution is 2.22. The van der Waals surface area contributed by atoms with Crippen LogP contribution in [0.3, 0.4) is 0 Å². The van der Waals surface area contributed by atoms with Crippen LogP contribution >= 0.6 is 0 Å². The van der Waals surface area contributed by atoms with E-state index in [-0.39, 0.29) is 6.61 Å². The Morgan fingerprint density at radius 2 is 2.18 bits per heavy atom. The molecule has 1 N–H and O–H groups in total. The maximum absolute atomic E-state index is 9.18. The lowest BCUT2D eigenvalue weighted by molar-refractivity contribution is 0.219. The van der Waals surface area contributed by atoms with Gasteiger partial charge in [0.25, 0.3) is 0 Å². The van der Waals surface area contributed by atoms with E-state index in [1.54, 1.807) is 0 Å². The van der Waals surface area contributed by atoms with Crippen molar-refractivity contribution in [1.82, 2.24) is 4.90 Å². The van der Waals surface area contributed by atoms with E-state index < -0.39 is 0 Å². The molecule has 0 amide bonds. The van der Waals surface area contributed by atoms with Gasteiger partial charge in [0.05, 0.1) is 0 Å². The molecule has 3 nitrogen and oxygen atoms in total. The third kappa shape index (κ3) is 2.99. The average Bonchev–Trinajstić information content (AvgIpc) is 2.29. The van der Waals surface area contributed by atoms with E-state index in [2.05, 4.69) is 48.0 Å². The van der Waals surface area contributed by atoms with Crippen molar-refractivity contribution >= 4 is 5.69 Å². The molecular weight excluding hydrogens is 212 g/mol. The van der Waals surface area contributed by atoms with E-state index in [1.807, 2.05) is 0 Å². The Kier molecular flexibility index (Phi) is 4.02. The van der Waals surface area contributed by atoms with Gasteiger partial charge in [0.15, 0.2) is 0 Å². The van der Waals surface area contributed by atoms with Gasteiger partial charge in [-0.05, 0) is 38.1 Å². The minimum Gasteiger partial charge on any atom is -0.396 e. The smallest absolute Gasteiger partial charge is 0.0451 e. The van der Waals surface area contributed by atoms with Crippen LogP contribution in [0.2, 0.25) is 0 Å². The molecule has 1 heterocycles. The molecule has 17 heavy (non-hydrogen) atoms. The summed E-state index contributed by atoms with van der Waals surface area (Å²) >= 11 is 0. The van der Waals surface area contributed by atoms with Gasteiger partial charge >= 0.3 is 0 Å². The Balaban J connectivity index is 2.17. The van der Waals surface area contributed by atoms with Gasteiger partial charge in [-0.2, -0.15) is 0 Å². The maximum atomic E-state index is 9.18. The van der Waals surface area contributed by atoms with E-state index in [9.17, 15) is 5.11 Å². The van der Waals surface area contributed by atoms with Crippen molar-refractivity contribution in [2.75, 3.05) is 38.2 Å². The molecule has 0 saturated carbocycles. The van der Waals surface area contributed by atoms with Gasteiger partial charge in [-0.15, -0.1) is 0 Å². The molecule has 1 fully saturated rings. The first-order chi connectivity index (χ1) is 8.20. The van der Waals surface area contributed by atoms with Crippen LogP contribution < -0.4 is 4.90 Å². The van der Waals surface area contributed by atoms with Gasteiger partial charge in [0.1, 0.15) is 0 Å². The van der Waals surface area contributed by atoms with E-state index in [0.717, 1.165) is 26.1 Å². The largest absolute Gasteiger partial charge is 0.396 e. The summed E-state index contributed by atoms with van der Waals surface area (Å²) < 4.78 is 0. The molecule has 1 aromatic carbocycles. The molecule has 1 aliphatic rings. The highest BCUT2D eigenvalue weighted by molar-refractivity contribution is 5.50. The van der Waals surface area contributed by atoms with E-state index in [1.165, 1.54) is 11.3 Å². The number of hydrogen-bond acceptors (Lipinski definition) is 3. The molecule has 1 unspecified atom stereocenters. The molecule has 0 spiro atoms. The second-order valence-electron chi connectivity index (χ2n) is 4.96. The van der Waals surface area contributed by atoms with Gasteiger partial charge in [-0.25, -0.2) is 0 Å². The number of aryl methyl sites for hydroxylation is 1. The van der Waals surface area contributed by atoms with Crippen LogP contribution in [0.4, 0.5) is 5.69 Å². The highest BCUT2D eigenvalue weighted by Gasteiger charge is 2.24. The fraction of sp³-hybridized carbons (Fsp3) is 0.571. The minimum atomic E-state index is 0.265. The van der Waals surface area contributed by atoms with Crippen LogP contribution in [0.15, 0.2) is 24.3 Å². The average molecular weight is 234 g/mol. The predicted octanol–water partition coefficient (Wildman–Crippen LogP) is 1.50. The molecule has 0 radical (unpaired) electrons. The first-order valence-corrected chi connectivity index (χ1v) is 6.33. The monoisotopic (exact) mass is 234 g/mol. The SMILES string of the molecule is Cc1cccc(N2CCN(C)CC2CCO)c1. The number of piperazine rings is 1. The molecule has 0 bridgehead atoms. The molecule has 1 atom stereocenters. The number of aliphatic hydroxyl groups excluding tert-OH is 1. The van der Waals surface area contributed by atoms with Gasteiger partial charge in [-0.3, -0.25) is 0 Å². The Labute approximate surface area is 104 Å². The summed E-state index contributed by atoms with van der Waals surface area (Å²) in [4.78, 5) is 4.77. The van der Waals surface area contributed by atoms with Crippen LogP contribution in [0.1, 0.15) is 12.0 Å². The fourth-order valence-electron chi connectivity index (χ4n) is 2.55. The van der Waals surface area contributed by atoms with Crippen LogP contribution in [-0.4, -0.2) is 49.3 Å². The Hall–Kier alpha value is -1.06. The number of rotatable bonds is 3. The first kappa shape index (κ1) is 12.4. The number of aliphatic hydroxyl groups is 1. The van der Waals surface area contributed by atoms with Crippen LogP contribution in [-0.2, 0) is 0 Å². The quantitative estimate of drug-likeness (QED) is 0.858. The van der Waals surface area contributed by atoms with Gasteiger partial charge < -0.3 is 14.9 Å². The lowest BCUT2D eigenvalue weighted by Crippen LogP contribution is -2.52. The zero-order chi connectivity index (χ0) is 12.3. The molecule has 3 heteroatoms. The molecule has 94 valence electrons. The number of hydrogen-bond donors (Lipinski definition) is 1.